The van der Waals surface area contributed by atoms with Crippen molar-refractivity contribution in [2.45, 2.75) is 0 Å². The summed E-state index contributed by atoms with van der Waals surface area (Å²) < 4.78 is 11.3. The smallest absolute Gasteiger partial charge is 0.257 e. The average Bonchev–Trinajstić information content (AvgIpc) is 3.04. The van der Waals surface area contributed by atoms with Crippen molar-refractivity contribution in [1.29, 1.82) is 0 Å². The van der Waals surface area contributed by atoms with E-state index in [-0.39, 0.29) is 0 Å². The Balaban J connectivity index is 1.77. The highest BCUT2D eigenvalue weighted by molar-refractivity contribution is 7.14. The maximum absolute atomic E-state index is 6.31. The molecule has 0 unspecified atom stereocenters. The number of rotatable bonds is 2. The zero-order valence-corrected chi connectivity index (χ0v) is 13.7. The Morgan fingerprint density at radius 1 is 1.09 bits per heavy atom. The molecule has 3 heterocycles. The van der Waals surface area contributed by atoms with E-state index in [1.54, 1.807) is 23.6 Å². The van der Waals surface area contributed by atoms with Gasteiger partial charge in [-0.05, 0) is 35.2 Å². The molecular formula is C17H13ClN2O2S. The number of hydrogen-bond donors (Lipinski definition) is 1. The molecule has 0 spiro atoms. The first kappa shape index (κ1) is 14.4. The fourth-order valence-corrected chi connectivity index (χ4v) is 3.83. The first-order chi connectivity index (χ1) is 11.2. The number of thiophene rings is 1. The molecule has 4 nitrogen and oxygen atoms in total. The van der Waals surface area contributed by atoms with Crippen LogP contribution < -0.4 is 15.2 Å². The van der Waals surface area contributed by atoms with Crippen molar-refractivity contribution in [3.8, 4) is 33.2 Å². The van der Waals surface area contributed by atoms with Crippen LogP contribution in [0, 0.1) is 0 Å². The number of nitrogen functional groups attached to an aromatic ring is 1. The number of fused-ring (bicyclic) bond motifs is 1. The van der Waals surface area contributed by atoms with Gasteiger partial charge in [0.25, 0.3) is 5.88 Å². The predicted molar refractivity (Wildman–Crippen MR) is 93.4 cm³/mol. The number of anilines is 1. The average molecular weight is 345 g/mol. The van der Waals surface area contributed by atoms with Crippen LogP contribution in [0.2, 0.25) is 5.02 Å². The van der Waals surface area contributed by atoms with Gasteiger partial charge in [0.15, 0.2) is 5.75 Å². The van der Waals surface area contributed by atoms with E-state index >= 15 is 0 Å². The van der Waals surface area contributed by atoms with Crippen molar-refractivity contribution >= 4 is 28.6 Å². The molecule has 1 aliphatic heterocycles. The van der Waals surface area contributed by atoms with Gasteiger partial charge in [-0.25, -0.2) is 4.98 Å². The van der Waals surface area contributed by atoms with Crippen LogP contribution in [0.15, 0.2) is 41.9 Å². The quantitative estimate of drug-likeness (QED) is 0.696. The van der Waals surface area contributed by atoms with Crippen LogP contribution in [0.25, 0.3) is 21.6 Å². The predicted octanol–water partition coefficient (Wildman–Crippen LogP) is 4.48. The maximum atomic E-state index is 6.31. The molecule has 0 saturated carbocycles. The third-order valence-corrected chi connectivity index (χ3v) is 4.89. The number of aromatic nitrogens is 1. The lowest BCUT2D eigenvalue weighted by atomic mass is 10.1. The molecular weight excluding hydrogens is 332 g/mol. The number of benzene rings is 1. The first-order valence-corrected chi connectivity index (χ1v) is 8.37. The minimum absolute atomic E-state index is 0.527. The molecule has 4 rings (SSSR count). The fourth-order valence-electron chi connectivity index (χ4n) is 2.53. The summed E-state index contributed by atoms with van der Waals surface area (Å²) in [6.45, 7) is 1.06. The van der Waals surface area contributed by atoms with Gasteiger partial charge in [0.2, 0.25) is 0 Å². The van der Waals surface area contributed by atoms with E-state index in [9.17, 15) is 0 Å². The summed E-state index contributed by atoms with van der Waals surface area (Å²) in [4.78, 5) is 5.29. The summed E-state index contributed by atoms with van der Waals surface area (Å²) in [5.74, 6) is 1.25. The van der Waals surface area contributed by atoms with Crippen molar-refractivity contribution in [2.24, 2.45) is 0 Å². The lowest BCUT2D eigenvalue weighted by Gasteiger charge is -2.19. The van der Waals surface area contributed by atoms with Crippen LogP contribution >= 0.6 is 22.9 Å². The number of nitrogens with zero attached hydrogens (tertiary/aromatic N) is 1. The van der Waals surface area contributed by atoms with Crippen molar-refractivity contribution in [3.63, 3.8) is 0 Å². The Morgan fingerprint density at radius 2 is 1.96 bits per heavy atom. The summed E-state index contributed by atoms with van der Waals surface area (Å²) in [6, 6.07) is 9.59. The van der Waals surface area contributed by atoms with Crippen LogP contribution in [-0.4, -0.2) is 18.2 Å². The Morgan fingerprint density at radius 3 is 2.83 bits per heavy atom. The highest BCUT2D eigenvalue weighted by atomic mass is 35.5. The minimum Gasteiger partial charge on any atom is -0.484 e. The Labute approximate surface area is 142 Å². The Bertz CT molecular complexity index is 879. The van der Waals surface area contributed by atoms with Crippen LogP contribution in [0.3, 0.4) is 0 Å². The molecule has 0 amide bonds. The summed E-state index contributed by atoms with van der Waals surface area (Å²) in [7, 11) is 0. The third kappa shape index (κ3) is 2.62. The van der Waals surface area contributed by atoms with Gasteiger partial charge in [0.05, 0.1) is 5.02 Å². The van der Waals surface area contributed by atoms with Crippen LogP contribution in [0.4, 0.5) is 5.69 Å². The normalized spacial score (nSPS) is 13.1. The molecule has 23 heavy (non-hydrogen) atoms. The van der Waals surface area contributed by atoms with E-state index in [0.29, 0.717) is 35.6 Å². The third-order valence-electron chi connectivity index (χ3n) is 3.61. The van der Waals surface area contributed by atoms with E-state index in [4.69, 9.17) is 26.8 Å². The van der Waals surface area contributed by atoms with Gasteiger partial charge in [-0.2, -0.15) is 0 Å². The molecule has 116 valence electrons. The van der Waals surface area contributed by atoms with Crippen molar-refractivity contribution in [1.82, 2.24) is 4.98 Å². The number of nitrogens with two attached hydrogens (primary N) is 1. The lowest BCUT2D eigenvalue weighted by Crippen LogP contribution is -2.16. The molecule has 0 radical (unpaired) electrons. The Kier molecular flexibility index (Phi) is 3.59. The van der Waals surface area contributed by atoms with Gasteiger partial charge in [0, 0.05) is 27.9 Å². The van der Waals surface area contributed by atoms with E-state index in [1.807, 2.05) is 18.2 Å². The SMILES string of the molecule is Nc1ccc(-c2cc(-c3ccnc4c3OCCO4)cs2)c(Cl)c1. The van der Waals surface area contributed by atoms with Crippen molar-refractivity contribution < 1.29 is 9.47 Å². The van der Waals surface area contributed by atoms with E-state index in [0.717, 1.165) is 21.6 Å². The molecule has 0 bridgehead atoms. The molecule has 1 aromatic carbocycles. The summed E-state index contributed by atoms with van der Waals surface area (Å²) >= 11 is 7.93. The molecule has 2 aromatic heterocycles. The zero-order chi connectivity index (χ0) is 15.8. The van der Waals surface area contributed by atoms with E-state index in [2.05, 4.69) is 16.4 Å². The molecule has 0 aliphatic carbocycles. The van der Waals surface area contributed by atoms with Crippen LogP contribution in [-0.2, 0) is 0 Å². The number of pyridine rings is 1. The first-order valence-electron chi connectivity index (χ1n) is 7.11. The van der Waals surface area contributed by atoms with Gasteiger partial charge in [-0.1, -0.05) is 17.7 Å². The number of halogens is 1. The molecule has 1 aliphatic rings. The van der Waals surface area contributed by atoms with Gasteiger partial charge in [-0.15, -0.1) is 11.3 Å². The summed E-state index contributed by atoms with van der Waals surface area (Å²) in [5, 5.41) is 2.73. The van der Waals surface area contributed by atoms with Gasteiger partial charge >= 0.3 is 0 Å². The highest BCUT2D eigenvalue weighted by Crippen LogP contribution is 2.42. The second kappa shape index (κ2) is 5.76. The second-order valence-corrected chi connectivity index (χ2v) is 6.45. The maximum Gasteiger partial charge on any atom is 0.257 e. The van der Waals surface area contributed by atoms with Crippen LogP contribution in [0.5, 0.6) is 11.6 Å². The molecule has 0 saturated heterocycles. The van der Waals surface area contributed by atoms with Gasteiger partial charge in [-0.3, -0.25) is 0 Å². The molecule has 6 heteroatoms. The monoisotopic (exact) mass is 344 g/mol. The van der Waals surface area contributed by atoms with Crippen molar-refractivity contribution in [2.75, 3.05) is 18.9 Å². The fraction of sp³-hybridized carbons (Fsp3) is 0.118. The summed E-state index contributed by atoms with van der Waals surface area (Å²) in [5.41, 5.74) is 9.42. The van der Waals surface area contributed by atoms with Gasteiger partial charge in [0.1, 0.15) is 13.2 Å². The van der Waals surface area contributed by atoms with Gasteiger partial charge < -0.3 is 15.2 Å². The number of hydrogen-bond acceptors (Lipinski definition) is 5. The topological polar surface area (TPSA) is 57.4 Å². The number of ether oxygens (including phenoxy) is 2. The molecule has 3 aromatic rings. The molecule has 0 fully saturated rings. The largest absolute Gasteiger partial charge is 0.484 e. The summed E-state index contributed by atoms with van der Waals surface area (Å²) in [6.07, 6.45) is 1.73. The molecule has 2 N–H and O–H groups in total. The van der Waals surface area contributed by atoms with Crippen molar-refractivity contribution in [3.05, 3.63) is 46.9 Å². The highest BCUT2D eigenvalue weighted by Gasteiger charge is 2.19. The zero-order valence-electron chi connectivity index (χ0n) is 12.1. The lowest BCUT2D eigenvalue weighted by molar-refractivity contribution is 0.165. The second-order valence-electron chi connectivity index (χ2n) is 5.13. The molecule has 0 atom stereocenters. The van der Waals surface area contributed by atoms with E-state index < -0.39 is 0 Å². The Hall–Kier alpha value is -2.24. The van der Waals surface area contributed by atoms with Crippen LogP contribution in [0.1, 0.15) is 0 Å². The van der Waals surface area contributed by atoms with E-state index in [1.165, 1.54) is 0 Å². The standard InChI is InChI=1S/C17H13ClN2O2S/c18-14-8-11(19)1-2-13(14)15-7-10(9-23-15)12-3-4-20-17-16(12)21-5-6-22-17/h1-4,7-9H,5-6,19H2. The minimum atomic E-state index is 0.527.